The second kappa shape index (κ2) is 8.59. The van der Waals surface area contributed by atoms with Crippen molar-refractivity contribution < 1.29 is 0 Å². The van der Waals surface area contributed by atoms with Crippen LogP contribution in [0.2, 0.25) is 0 Å². The fourth-order valence-electron chi connectivity index (χ4n) is 3.83. The third-order valence-electron chi connectivity index (χ3n) is 5.32. The van der Waals surface area contributed by atoms with Crippen LogP contribution in [0.15, 0.2) is 72.8 Å². The molecule has 2 heteroatoms. The van der Waals surface area contributed by atoms with E-state index in [2.05, 4.69) is 71.7 Å². The maximum absolute atomic E-state index is 9.98. The number of hydrogen-bond donors (Lipinski definition) is 0. The summed E-state index contributed by atoms with van der Waals surface area (Å²) in [5.74, 6) is 0. The third kappa shape index (κ3) is 4.00. The summed E-state index contributed by atoms with van der Waals surface area (Å²) in [6, 6.07) is 27.5. The first kappa shape index (κ1) is 18.1. The molecule has 0 unspecified atom stereocenters. The van der Waals surface area contributed by atoms with Gasteiger partial charge in [0.25, 0.3) is 0 Å². The molecule has 3 aromatic rings. The Kier molecular flexibility index (Phi) is 5.54. The van der Waals surface area contributed by atoms with Gasteiger partial charge in [-0.15, -0.1) is 0 Å². The van der Waals surface area contributed by atoms with Crippen LogP contribution in [0.4, 0.5) is 5.69 Å². The largest absolute Gasteiger partial charge is 0.370 e. The summed E-state index contributed by atoms with van der Waals surface area (Å²) in [4.78, 5) is 2.38. The van der Waals surface area contributed by atoms with Gasteiger partial charge in [0.05, 0.1) is 11.3 Å². The van der Waals surface area contributed by atoms with Gasteiger partial charge in [-0.1, -0.05) is 72.8 Å². The molecule has 1 fully saturated rings. The summed E-state index contributed by atoms with van der Waals surface area (Å²) in [7, 11) is 0. The molecule has 0 radical (unpaired) electrons. The first-order valence-electron chi connectivity index (χ1n) is 9.97. The van der Waals surface area contributed by atoms with Gasteiger partial charge >= 0.3 is 0 Å². The Morgan fingerprint density at radius 3 is 2.11 bits per heavy atom. The van der Waals surface area contributed by atoms with E-state index in [-0.39, 0.29) is 0 Å². The van der Waals surface area contributed by atoms with Gasteiger partial charge in [-0.3, -0.25) is 0 Å². The average Bonchev–Trinajstić information content (AvgIpc) is 2.79. The van der Waals surface area contributed by atoms with Gasteiger partial charge in [-0.2, -0.15) is 5.26 Å². The van der Waals surface area contributed by atoms with Crippen LogP contribution in [0.3, 0.4) is 0 Å². The summed E-state index contributed by atoms with van der Waals surface area (Å²) >= 11 is 0. The molecule has 3 aromatic carbocycles. The van der Waals surface area contributed by atoms with Gasteiger partial charge in [-0.05, 0) is 53.6 Å². The van der Waals surface area contributed by atoms with E-state index >= 15 is 0 Å². The van der Waals surface area contributed by atoms with E-state index in [1.54, 1.807) is 0 Å². The lowest BCUT2D eigenvalue weighted by atomic mass is 9.95. The van der Waals surface area contributed by atoms with Crippen molar-refractivity contribution in [2.24, 2.45) is 0 Å². The highest BCUT2D eigenvalue weighted by Crippen LogP contribution is 2.33. The van der Waals surface area contributed by atoms with Crippen LogP contribution in [0, 0.1) is 11.3 Å². The van der Waals surface area contributed by atoms with Crippen LogP contribution in [-0.2, 0) is 0 Å². The number of hydrogen-bond acceptors (Lipinski definition) is 2. The maximum Gasteiger partial charge on any atom is 0.102 e. The normalized spacial score (nSPS) is 14.2. The van der Waals surface area contributed by atoms with Crippen molar-refractivity contribution in [3.8, 4) is 17.2 Å². The van der Waals surface area contributed by atoms with E-state index in [0.29, 0.717) is 0 Å². The molecule has 0 bridgehead atoms. The Morgan fingerprint density at radius 2 is 1.43 bits per heavy atom. The lowest BCUT2D eigenvalue weighted by Gasteiger charge is -2.30. The number of nitriles is 1. The van der Waals surface area contributed by atoms with Crippen LogP contribution < -0.4 is 4.90 Å². The number of rotatable bonds is 4. The van der Waals surface area contributed by atoms with Crippen LogP contribution in [0.1, 0.15) is 36.0 Å². The molecule has 1 heterocycles. The predicted octanol–water partition coefficient (Wildman–Crippen LogP) is 6.39. The molecule has 28 heavy (non-hydrogen) atoms. The van der Waals surface area contributed by atoms with Crippen molar-refractivity contribution >= 4 is 17.8 Å². The second-order valence-corrected chi connectivity index (χ2v) is 7.23. The van der Waals surface area contributed by atoms with E-state index in [1.807, 2.05) is 24.3 Å². The standard InChI is InChI=1S/C26H24N2/c27-20-25-23(15-14-21-10-4-1-5-11-21)18-24(22-12-6-2-7-13-22)19-26(25)28-16-8-3-9-17-28/h1-2,4-7,10-15,18-19H,3,8-9,16-17H2/b15-14+. The molecule has 1 aliphatic rings. The molecular formula is C26H24N2. The highest BCUT2D eigenvalue weighted by molar-refractivity contribution is 5.82. The SMILES string of the molecule is N#Cc1c(/C=C/c2ccccc2)cc(-c2ccccc2)cc1N1CCCCC1. The van der Waals surface area contributed by atoms with Crippen LogP contribution in [0.5, 0.6) is 0 Å². The second-order valence-electron chi connectivity index (χ2n) is 7.23. The molecule has 0 aliphatic carbocycles. The molecule has 0 amide bonds. The van der Waals surface area contributed by atoms with E-state index in [4.69, 9.17) is 0 Å². The van der Waals surface area contributed by atoms with Gasteiger partial charge in [-0.25, -0.2) is 0 Å². The van der Waals surface area contributed by atoms with E-state index in [0.717, 1.165) is 41.0 Å². The molecule has 1 saturated heterocycles. The zero-order chi connectivity index (χ0) is 19.2. The minimum atomic E-state index is 0.772. The Bertz CT molecular complexity index is 992. The molecule has 0 atom stereocenters. The van der Waals surface area contributed by atoms with E-state index in [1.165, 1.54) is 24.8 Å². The van der Waals surface area contributed by atoms with Crippen molar-refractivity contribution in [1.82, 2.24) is 0 Å². The van der Waals surface area contributed by atoms with E-state index in [9.17, 15) is 5.26 Å². The summed E-state index contributed by atoms with van der Waals surface area (Å²) in [6.45, 7) is 2.05. The van der Waals surface area contributed by atoms with Crippen LogP contribution >= 0.6 is 0 Å². The quantitative estimate of drug-likeness (QED) is 0.502. The summed E-state index contributed by atoms with van der Waals surface area (Å²) in [6.07, 6.45) is 7.82. The molecule has 138 valence electrons. The Labute approximate surface area is 167 Å². The first-order chi connectivity index (χ1) is 13.8. The molecule has 2 nitrogen and oxygen atoms in total. The molecule has 0 spiro atoms. The van der Waals surface area contributed by atoms with Crippen molar-refractivity contribution in [2.75, 3.05) is 18.0 Å². The maximum atomic E-state index is 9.98. The minimum Gasteiger partial charge on any atom is -0.370 e. The highest BCUT2D eigenvalue weighted by Gasteiger charge is 2.18. The van der Waals surface area contributed by atoms with Gasteiger partial charge < -0.3 is 4.90 Å². The van der Waals surface area contributed by atoms with Gasteiger partial charge in [0.15, 0.2) is 0 Å². The number of benzene rings is 3. The Balaban J connectivity index is 1.83. The average molecular weight is 364 g/mol. The smallest absolute Gasteiger partial charge is 0.102 e. The highest BCUT2D eigenvalue weighted by atomic mass is 15.1. The summed E-state index contributed by atoms with van der Waals surface area (Å²) in [5.41, 5.74) is 6.29. The fourth-order valence-corrected chi connectivity index (χ4v) is 3.83. The first-order valence-corrected chi connectivity index (χ1v) is 9.97. The fraction of sp³-hybridized carbons (Fsp3) is 0.192. The van der Waals surface area contributed by atoms with Gasteiger partial charge in [0.1, 0.15) is 6.07 Å². The molecule has 0 N–H and O–H groups in total. The molecular weight excluding hydrogens is 340 g/mol. The zero-order valence-electron chi connectivity index (χ0n) is 16.0. The summed E-state index contributed by atoms with van der Waals surface area (Å²) in [5, 5.41) is 9.98. The monoisotopic (exact) mass is 364 g/mol. The predicted molar refractivity (Wildman–Crippen MR) is 118 cm³/mol. The van der Waals surface area contributed by atoms with Crippen molar-refractivity contribution in [1.29, 1.82) is 5.26 Å². The lowest BCUT2D eigenvalue weighted by Crippen LogP contribution is -2.30. The number of nitrogens with zero attached hydrogens (tertiary/aromatic N) is 2. The van der Waals surface area contributed by atoms with Crippen LogP contribution in [0.25, 0.3) is 23.3 Å². The van der Waals surface area contributed by atoms with Crippen molar-refractivity contribution in [3.05, 3.63) is 89.5 Å². The van der Waals surface area contributed by atoms with E-state index < -0.39 is 0 Å². The van der Waals surface area contributed by atoms with Crippen molar-refractivity contribution in [2.45, 2.75) is 19.3 Å². The number of piperidine rings is 1. The van der Waals surface area contributed by atoms with Gasteiger partial charge in [0.2, 0.25) is 0 Å². The van der Waals surface area contributed by atoms with Crippen LogP contribution in [-0.4, -0.2) is 13.1 Å². The molecule has 1 aliphatic heterocycles. The molecule has 0 saturated carbocycles. The van der Waals surface area contributed by atoms with Gasteiger partial charge in [0, 0.05) is 13.1 Å². The Morgan fingerprint density at radius 1 is 0.750 bits per heavy atom. The zero-order valence-corrected chi connectivity index (χ0v) is 16.0. The number of anilines is 1. The third-order valence-corrected chi connectivity index (χ3v) is 5.32. The Hall–Kier alpha value is -3.31. The lowest BCUT2D eigenvalue weighted by molar-refractivity contribution is 0.577. The summed E-state index contributed by atoms with van der Waals surface area (Å²) < 4.78 is 0. The topological polar surface area (TPSA) is 27.0 Å². The minimum absolute atomic E-state index is 0.772. The van der Waals surface area contributed by atoms with Crippen molar-refractivity contribution in [3.63, 3.8) is 0 Å². The molecule has 0 aromatic heterocycles. The molecule has 4 rings (SSSR count).